The molecule has 2 aromatic carbocycles. The molecule has 46 heavy (non-hydrogen) atoms. The van der Waals surface area contributed by atoms with E-state index in [4.69, 9.17) is 46.4 Å². The van der Waals surface area contributed by atoms with Crippen LogP contribution in [0.2, 0.25) is 20.1 Å². The van der Waals surface area contributed by atoms with Crippen molar-refractivity contribution < 1.29 is 84.4 Å². The number of hydrogen-bond acceptors (Lipinski definition) is 5. The fraction of sp³-hybridized carbons (Fsp3) is 0.300. The topological polar surface area (TPSA) is 110 Å². The number of carboxylic acids is 1. The number of nitrogens with one attached hydrogen (secondary N) is 1. The molecule has 0 bridgehead atoms. The molecule has 0 aliphatic carbocycles. The quantitative estimate of drug-likeness (QED) is 0.0822. The Morgan fingerprint density at radius 1 is 0.696 bits per heavy atom. The van der Waals surface area contributed by atoms with E-state index < -0.39 is 99.8 Å². The first-order valence-corrected chi connectivity index (χ1v) is 13.2. The van der Waals surface area contributed by atoms with Crippen LogP contribution >= 0.6 is 46.4 Å². The van der Waals surface area contributed by atoms with Crippen molar-refractivity contribution in [3.63, 3.8) is 0 Å². The first-order valence-electron chi connectivity index (χ1n) is 10.3. The van der Waals surface area contributed by atoms with Gasteiger partial charge in [0, 0.05) is 63.1 Å². The number of aromatic carboxylic acids is 1. The number of hydrogen-bond donors (Lipinski definition) is 2. The summed E-state index contributed by atoms with van der Waals surface area (Å²) in [5.41, 5.74) is -2.91. The first kappa shape index (κ1) is 43.0. The zero-order valence-electron chi connectivity index (χ0n) is 21.1. The van der Waals surface area contributed by atoms with Crippen LogP contribution < -0.4 is 9.50 Å². The summed E-state index contributed by atoms with van der Waals surface area (Å²) in [6.45, 7) is 0. The number of rotatable bonds is 10. The minimum atomic E-state index is -8.42. The van der Waals surface area contributed by atoms with Crippen molar-refractivity contribution in [3.05, 3.63) is 55.5 Å². The van der Waals surface area contributed by atoms with E-state index in [1.165, 1.54) is 0 Å². The van der Waals surface area contributed by atoms with Crippen molar-refractivity contribution in [3.8, 4) is 5.75 Å². The first-order chi connectivity index (χ1) is 19.9. The van der Waals surface area contributed by atoms with E-state index >= 15 is 0 Å². The fourth-order valence-corrected chi connectivity index (χ4v) is 4.88. The van der Waals surface area contributed by atoms with Crippen molar-refractivity contribution >= 4 is 125 Å². The smallest absolute Gasteiger partial charge is 0.460 e. The summed E-state index contributed by atoms with van der Waals surface area (Å²) >= 11 is 23.0. The van der Waals surface area contributed by atoms with Gasteiger partial charge in [-0.2, -0.15) is 65.5 Å². The van der Waals surface area contributed by atoms with Crippen LogP contribution in [0.3, 0.4) is 0 Å². The second-order valence-corrected chi connectivity index (χ2v) is 11.2. The monoisotopic (exact) mass is 814 g/mol. The molecule has 1 radical (unpaired) electrons. The van der Waals surface area contributed by atoms with Crippen molar-refractivity contribution in [2.45, 2.75) is 35.1 Å². The standard InChI is InChI=1S/C20H6Cl4F13NO6S.K/c21-9-7(8(14(40)41)10(22)12(24)11(9)23)13(39)38-5-2-1-3-6(4-5)44-45(42,43)20(36,37)18(31,32)16(27,28)15(25,26)17(29,30)19(33,34)35;/h1-4H,(H,38,39)(H,40,41);. The second kappa shape index (κ2) is 13.7. The molecular formula is C20H6Cl4F13KNO6S. The molecule has 0 atom stereocenters. The van der Waals surface area contributed by atoms with Gasteiger partial charge in [-0.15, -0.1) is 0 Å². The number of benzene rings is 2. The van der Waals surface area contributed by atoms with Crippen molar-refractivity contribution in [1.82, 2.24) is 0 Å². The van der Waals surface area contributed by atoms with Crippen LogP contribution in [-0.4, -0.2) is 112 Å². The van der Waals surface area contributed by atoms with Gasteiger partial charge >= 0.3 is 51.2 Å². The molecule has 0 aromatic heterocycles. The summed E-state index contributed by atoms with van der Waals surface area (Å²) in [5.74, 6) is -38.2. The fourth-order valence-electron chi connectivity index (χ4n) is 2.96. The number of carboxylic acid groups (broad SMARTS) is 1. The molecular weight excluding hydrogens is 810 g/mol. The van der Waals surface area contributed by atoms with E-state index in [0.717, 1.165) is 6.07 Å². The normalized spacial score (nSPS) is 13.6. The van der Waals surface area contributed by atoms with Crippen LogP contribution in [-0.2, 0) is 10.1 Å². The van der Waals surface area contributed by atoms with Crippen molar-refractivity contribution in [2.75, 3.05) is 5.32 Å². The molecule has 0 unspecified atom stereocenters. The average Bonchev–Trinajstić information content (AvgIpc) is 2.87. The molecule has 0 aliphatic rings. The van der Waals surface area contributed by atoms with Crippen LogP contribution in [0.25, 0.3) is 0 Å². The SMILES string of the molecule is O=C(O)c1c(Cl)c(Cl)c(Cl)c(Cl)c1C(=O)Nc1cccc(OS(=O)(=O)C(F)(F)C(F)(F)C(F)(F)C(F)(F)C(F)(F)C(F)(F)F)c1.[K]. The maximum atomic E-state index is 14.2. The van der Waals surface area contributed by atoms with Gasteiger partial charge < -0.3 is 14.6 Å². The van der Waals surface area contributed by atoms with Crippen molar-refractivity contribution in [2.24, 2.45) is 0 Å². The molecule has 1 amide bonds. The summed E-state index contributed by atoms with van der Waals surface area (Å²) in [4.78, 5) is 24.3. The molecule has 0 saturated heterocycles. The molecule has 253 valence electrons. The summed E-state index contributed by atoms with van der Waals surface area (Å²) in [6.07, 6.45) is -7.72. The second-order valence-electron chi connectivity index (χ2n) is 8.14. The van der Waals surface area contributed by atoms with Gasteiger partial charge in [0.25, 0.3) is 5.91 Å². The number of amides is 1. The van der Waals surface area contributed by atoms with Crippen LogP contribution in [0.4, 0.5) is 62.8 Å². The summed E-state index contributed by atoms with van der Waals surface area (Å²) < 4.78 is 201. The molecule has 2 aromatic rings. The number of carbonyl (C=O) groups is 2. The van der Waals surface area contributed by atoms with E-state index in [-0.39, 0.29) is 63.5 Å². The van der Waals surface area contributed by atoms with E-state index in [2.05, 4.69) is 4.18 Å². The van der Waals surface area contributed by atoms with Gasteiger partial charge in [0.1, 0.15) is 5.75 Å². The third-order valence-electron chi connectivity index (χ3n) is 5.22. The van der Waals surface area contributed by atoms with Gasteiger partial charge in [-0.05, 0) is 12.1 Å². The number of halogens is 17. The summed E-state index contributed by atoms with van der Waals surface area (Å²) in [6, 6.07) is 1.68. The Morgan fingerprint density at radius 3 is 1.57 bits per heavy atom. The van der Waals surface area contributed by atoms with Gasteiger partial charge in [0.2, 0.25) is 0 Å². The third kappa shape index (κ3) is 7.02. The van der Waals surface area contributed by atoms with E-state index in [9.17, 15) is 80.2 Å². The minimum Gasteiger partial charge on any atom is -0.478 e. The third-order valence-corrected chi connectivity index (χ3v) is 8.32. The Hall–Kier alpha value is -0.984. The molecule has 2 rings (SSSR count). The zero-order chi connectivity index (χ0) is 35.5. The Kier molecular flexibility index (Phi) is 12.8. The van der Waals surface area contributed by atoms with Gasteiger partial charge in [0.05, 0.1) is 31.2 Å². The van der Waals surface area contributed by atoms with Gasteiger partial charge in [-0.1, -0.05) is 52.5 Å². The van der Waals surface area contributed by atoms with E-state index in [0.29, 0.717) is 6.07 Å². The van der Waals surface area contributed by atoms with Crippen LogP contribution in [0.1, 0.15) is 20.7 Å². The average molecular weight is 816 g/mol. The number of carbonyl (C=O) groups excluding carboxylic acids is 1. The maximum Gasteiger partial charge on any atom is 0.460 e. The summed E-state index contributed by atoms with van der Waals surface area (Å²) in [5, 5.41) is 0.505. The van der Waals surface area contributed by atoms with E-state index in [1.54, 1.807) is 5.32 Å². The largest absolute Gasteiger partial charge is 0.478 e. The molecule has 7 nitrogen and oxygen atoms in total. The molecule has 0 saturated carbocycles. The number of alkyl halides is 13. The molecule has 0 spiro atoms. The van der Waals surface area contributed by atoms with Gasteiger partial charge in [-0.3, -0.25) is 4.79 Å². The van der Waals surface area contributed by atoms with Crippen LogP contribution in [0.15, 0.2) is 24.3 Å². The zero-order valence-corrected chi connectivity index (χ0v) is 28.1. The Labute approximate surface area is 308 Å². The molecule has 0 aliphatic heterocycles. The van der Waals surface area contributed by atoms with Crippen molar-refractivity contribution in [1.29, 1.82) is 0 Å². The Morgan fingerprint density at radius 2 is 1.13 bits per heavy atom. The van der Waals surface area contributed by atoms with Crippen LogP contribution in [0.5, 0.6) is 5.75 Å². The number of anilines is 1. The molecule has 26 heteroatoms. The molecule has 0 fully saturated rings. The molecule has 2 N–H and O–H groups in total. The van der Waals surface area contributed by atoms with E-state index in [1.807, 2.05) is 0 Å². The predicted octanol–water partition coefficient (Wildman–Crippen LogP) is 8.27. The van der Waals surface area contributed by atoms with Gasteiger partial charge in [-0.25, -0.2) is 4.79 Å². The maximum absolute atomic E-state index is 14.2. The minimum absolute atomic E-state index is 0. The van der Waals surface area contributed by atoms with Gasteiger partial charge in [0.15, 0.2) is 0 Å². The molecule has 0 heterocycles. The van der Waals surface area contributed by atoms with Crippen LogP contribution in [0, 0.1) is 0 Å². The Bertz CT molecular complexity index is 1660. The Balaban J connectivity index is 0.0000106. The summed E-state index contributed by atoms with van der Waals surface area (Å²) in [7, 11) is -7.72. The predicted molar refractivity (Wildman–Crippen MR) is 134 cm³/mol.